The van der Waals surface area contributed by atoms with Gasteiger partial charge in [-0.1, -0.05) is 48.5 Å². The van der Waals surface area contributed by atoms with E-state index >= 15 is 0 Å². The summed E-state index contributed by atoms with van der Waals surface area (Å²) in [5.41, 5.74) is 6.16. The second-order valence-electron chi connectivity index (χ2n) is 8.62. The smallest absolute Gasteiger partial charge is 0.219 e. The van der Waals surface area contributed by atoms with Crippen LogP contribution in [-0.4, -0.2) is 0 Å². The Hall–Kier alpha value is -4.49. The topological polar surface area (TPSA) is 40.8 Å². The second-order valence-corrected chi connectivity index (χ2v) is 8.62. The molecule has 2 aromatic heterocycles. The molecule has 3 nitrogen and oxygen atoms in total. The van der Waals surface area contributed by atoms with Crippen molar-refractivity contribution in [3.8, 4) is 28.5 Å². The molecule has 0 aliphatic heterocycles. The molecule has 6 aromatic rings. The first-order valence-electron chi connectivity index (χ1n) is 11.1. The van der Waals surface area contributed by atoms with Crippen LogP contribution in [0.2, 0.25) is 0 Å². The lowest BCUT2D eigenvalue weighted by atomic mass is 9.95. The molecule has 0 bridgehead atoms. The van der Waals surface area contributed by atoms with Gasteiger partial charge >= 0.3 is 0 Å². The van der Waals surface area contributed by atoms with E-state index in [4.69, 9.17) is 4.42 Å². The summed E-state index contributed by atoms with van der Waals surface area (Å²) in [6, 6.07) is 27.5. The van der Waals surface area contributed by atoms with E-state index in [1.165, 1.54) is 12.1 Å². The third-order valence-corrected chi connectivity index (χ3v) is 6.54. The largest absolute Gasteiger partial charge is 0.454 e. The van der Waals surface area contributed by atoms with Crippen LogP contribution in [0.25, 0.3) is 55.1 Å². The normalized spacial score (nSPS) is 11.4. The number of benzene rings is 4. The number of fused-ring (bicyclic) bond motifs is 4. The van der Waals surface area contributed by atoms with Crippen LogP contribution in [0.15, 0.2) is 89.5 Å². The highest BCUT2D eigenvalue weighted by molar-refractivity contribution is 6.14. The van der Waals surface area contributed by atoms with Gasteiger partial charge < -0.3 is 4.42 Å². The molecule has 0 fully saturated rings. The van der Waals surface area contributed by atoms with Gasteiger partial charge in [-0.2, -0.15) is 5.26 Å². The van der Waals surface area contributed by atoms with Gasteiger partial charge in [0.05, 0.1) is 17.2 Å². The van der Waals surface area contributed by atoms with Gasteiger partial charge in [-0.25, -0.2) is 8.96 Å². The maximum atomic E-state index is 14.2. The van der Waals surface area contributed by atoms with E-state index in [9.17, 15) is 9.65 Å². The molecule has 0 amide bonds. The van der Waals surface area contributed by atoms with Crippen molar-refractivity contribution < 1.29 is 13.4 Å². The molecule has 2 heterocycles. The number of pyridine rings is 1. The van der Waals surface area contributed by atoms with Crippen molar-refractivity contribution in [2.75, 3.05) is 0 Å². The minimum Gasteiger partial charge on any atom is -0.454 e. The van der Waals surface area contributed by atoms with Crippen LogP contribution >= 0.6 is 0 Å². The number of nitrogens with zero attached hydrogens (tertiary/aromatic N) is 2. The highest BCUT2D eigenvalue weighted by Gasteiger charge is 2.23. The fourth-order valence-corrected chi connectivity index (χ4v) is 4.84. The molecule has 0 saturated heterocycles. The molecule has 0 aliphatic rings. The van der Waals surface area contributed by atoms with Crippen molar-refractivity contribution in [1.29, 1.82) is 5.26 Å². The van der Waals surface area contributed by atoms with E-state index in [2.05, 4.69) is 30.3 Å². The van der Waals surface area contributed by atoms with Gasteiger partial charge in [0.2, 0.25) is 5.69 Å². The first kappa shape index (κ1) is 20.1. The molecule has 0 saturated carbocycles. The first-order valence-corrected chi connectivity index (χ1v) is 11.1. The summed E-state index contributed by atoms with van der Waals surface area (Å²) in [5, 5.41) is 14.0. The van der Waals surface area contributed by atoms with Gasteiger partial charge in [0, 0.05) is 28.5 Å². The Morgan fingerprint density at radius 2 is 1.56 bits per heavy atom. The standard InChI is InChI=1S/C30H20FN2O/c1-18-7-11-24-25-12-10-22(17-32)28(21-9-8-19-5-3-4-6-20(19)15-21)30(25)34-29(24)27(18)26-16-23(31)13-14-33(26)2/h3-16H,1-2H3/q+1. The molecule has 6 rings (SSSR count). The van der Waals surface area contributed by atoms with Gasteiger partial charge in [0.15, 0.2) is 6.20 Å². The third-order valence-electron chi connectivity index (χ3n) is 6.54. The molecule has 0 atom stereocenters. The molecule has 0 aliphatic carbocycles. The zero-order chi connectivity index (χ0) is 23.4. The summed E-state index contributed by atoms with van der Waals surface area (Å²) in [5.74, 6) is -0.302. The van der Waals surface area contributed by atoms with Crippen LogP contribution in [0.5, 0.6) is 0 Å². The fraction of sp³-hybridized carbons (Fsp3) is 0.0667. The average molecular weight is 444 g/mol. The molecular formula is C30H20FN2O+. The Bertz CT molecular complexity index is 1810. The highest BCUT2D eigenvalue weighted by atomic mass is 19.1. The van der Waals surface area contributed by atoms with Gasteiger partial charge in [0.1, 0.15) is 24.0 Å². The van der Waals surface area contributed by atoms with Gasteiger partial charge in [-0.3, -0.25) is 0 Å². The van der Waals surface area contributed by atoms with Crippen molar-refractivity contribution in [3.05, 3.63) is 102 Å². The second kappa shape index (κ2) is 7.54. The Balaban J connectivity index is 1.72. The van der Waals surface area contributed by atoms with Gasteiger partial charge in [-0.05, 0) is 47.0 Å². The fourth-order valence-electron chi connectivity index (χ4n) is 4.84. The van der Waals surface area contributed by atoms with Crippen LogP contribution in [-0.2, 0) is 7.05 Å². The van der Waals surface area contributed by atoms with E-state index in [-0.39, 0.29) is 5.82 Å². The SMILES string of the molecule is Cc1ccc2c(oc3c(-c4ccc5ccccc5c4)c(C#N)ccc32)c1-c1cc(F)cc[n+]1C. The van der Waals surface area contributed by atoms with Crippen LogP contribution in [0.4, 0.5) is 4.39 Å². The number of furan rings is 1. The number of aromatic nitrogens is 1. The lowest BCUT2D eigenvalue weighted by Crippen LogP contribution is -2.30. The Morgan fingerprint density at radius 3 is 2.35 bits per heavy atom. The minimum absolute atomic E-state index is 0.302. The molecule has 0 N–H and O–H groups in total. The van der Waals surface area contributed by atoms with Crippen LogP contribution in [0.1, 0.15) is 11.1 Å². The molecule has 34 heavy (non-hydrogen) atoms. The average Bonchev–Trinajstić information content (AvgIpc) is 3.23. The van der Waals surface area contributed by atoms with E-state index in [0.717, 1.165) is 49.5 Å². The Morgan fingerprint density at radius 1 is 0.824 bits per heavy atom. The summed E-state index contributed by atoms with van der Waals surface area (Å²) < 4.78 is 22.7. The zero-order valence-corrected chi connectivity index (χ0v) is 18.8. The Labute approximate surface area is 195 Å². The van der Waals surface area contributed by atoms with E-state index < -0.39 is 0 Å². The number of hydrogen-bond acceptors (Lipinski definition) is 2. The molecule has 162 valence electrons. The summed E-state index contributed by atoms with van der Waals surface area (Å²) in [6.07, 6.45) is 1.71. The minimum atomic E-state index is -0.302. The molecule has 4 aromatic carbocycles. The summed E-state index contributed by atoms with van der Waals surface area (Å²) >= 11 is 0. The number of rotatable bonds is 2. The quantitative estimate of drug-likeness (QED) is 0.265. The van der Waals surface area contributed by atoms with Gasteiger partial charge in [0.25, 0.3) is 0 Å². The van der Waals surface area contributed by atoms with Crippen molar-refractivity contribution in [2.45, 2.75) is 6.92 Å². The van der Waals surface area contributed by atoms with Crippen LogP contribution in [0.3, 0.4) is 0 Å². The monoisotopic (exact) mass is 443 g/mol. The summed E-state index contributed by atoms with van der Waals surface area (Å²) in [4.78, 5) is 0. The summed E-state index contributed by atoms with van der Waals surface area (Å²) in [7, 11) is 1.89. The predicted molar refractivity (Wildman–Crippen MR) is 133 cm³/mol. The highest BCUT2D eigenvalue weighted by Crippen LogP contribution is 2.42. The van der Waals surface area contributed by atoms with Crippen molar-refractivity contribution in [2.24, 2.45) is 7.05 Å². The van der Waals surface area contributed by atoms with E-state index in [1.807, 2.05) is 61.0 Å². The van der Waals surface area contributed by atoms with Crippen molar-refractivity contribution in [1.82, 2.24) is 0 Å². The van der Waals surface area contributed by atoms with Crippen LogP contribution < -0.4 is 4.57 Å². The van der Waals surface area contributed by atoms with E-state index in [1.54, 1.807) is 6.20 Å². The zero-order valence-electron chi connectivity index (χ0n) is 18.8. The Kier molecular flexibility index (Phi) is 4.46. The maximum absolute atomic E-state index is 14.2. The first-order chi connectivity index (χ1) is 16.5. The number of halogens is 1. The third kappa shape index (κ3) is 2.98. The van der Waals surface area contributed by atoms with E-state index in [0.29, 0.717) is 16.7 Å². The molecule has 4 heteroatoms. The number of hydrogen-bond donors (Lipinski definition) is 0. The van der Waals surface area contributed by atoms with Crippen LogP contribution in [0, 0.1) is 24.1 Å². The lowest BCUT2D eigenvalue weighted by Gasteiger charge is -2.07. The molecule has 0 spiro atoms. The molecular weight excluding hydrogens is 423 g/mol. The van der Waals surface area contributed by atoms with Crippen molar-refractivity contribution in [3.63, 3.8) is 0 Å². The molecule has 0 unspecified atom stereocenters. The van der Waals surface area contributed by atoms with Crippen molar-refractivity contribution >= 4 is 32.7 Å². The lowest BCUT2D eigenvalue weighted by molar-refractivity contribution is -0.660. The summed E-state index contributed by atoms with van der Waals surface area (Å²) in [6.45, 7) is 2.00. The molecule has 0 radical (unpaired) electrons. The number of nitriles is 1. The predicted octanol–water partition coefficient (Wildman–Crippen LogP) is 7.22. The maximum Gasteiger partial charge on any atom is 0.219 e. The van der Waals surface area contributed by atoms with Gasteiger partial charge in [-0.15, -0.1) is 0 Å². The number of aryl methyl sites for hydroxylation is 2.